The number of aryl methyl sites for hydroxylation is 1. The lowest BCUT2D eigenvalue weighted by Crippen LogP contribution is -2.26. The highest BCUT2D eigenvalue weighted by atomic mass is 32.2. The van der Waals surface area contributed by atoms with E-state index in [1.54, 1.807) is 30.1 Å². The summed E-state index contributed by atoms with van der Waals surface area (Å²) in [5.74, 6) is -0.461. The van der Waals surface area contributed by atoms with Gasteiger partial charge in [-0.05, 0) is 43.0 Å². The molecule has 116 valence electrons. The maximum atomic E-state index is 12.5. The van der Waals surface area contributed by atoms with Crippen molar-refractivity contribution < 1.29 is 4.79 Å². The molecule has 2 heterocycles. The Morgan fingerprint density at radius 3 is 2.87 bits per heavy atom. The lowest BCUT2D eigenvalue weighted by Gasteiger charge is -2.07. The van der Waals surface area contributed by atoms with Crippen molar-refractivity contribution in [3.05, 3.63) is 70.3 Å². The number of nitrogens with zero attached hydrogens (tertiary/aromatic N) is 2. The molecule has 1 N–H and O–H groups in total. The molecule has 0 atom stereocenters. The van der Waals surface area contributed by atoms with Gasteiger partial charge in [-0.2, -0.15) is 0 Å². The molecule has 5 nitrogen and oxygen atoms in total. The number of benzene rings is 1. The maximum Gasteiger partial charge on any atom is 0.270 e. The molecule has 0 aliphatic rings. The first-order valence-corrected chi connectivity index (χ1v) is 8.24. The molecule has 0 unspecified atom stereocenters. The first kappa shape index (κ1) is 15.3. The van der Waals surface area contributed by atoms with Gasteiger partial charge in [0.15, 0.2) is 0 Å². The highest BCUT2D eigenvalue weighted by Crippen LogP contribution is 2.19. The van der Waals surface area contributed by atoms with Gasteiger partial charge >= 0.3 is 0 Å². The minimum Gasteiger partial charge on any atom is -0.322 e. The van der Waals surface area contributed by atoms with Gasteiger partial charge in [-0.25, -0.2) is 4.98 Å². The molecule has 2 aromatic heterocycles. The van der Waals surface area contributed by atoms with Crippen molar-refractivity contribution in [2.24, 2.45) is 0 Å². The first-order chi connectivity index (χ1) is 11.1. The Morgan fingerprint density at radius 1 is 1.26 bits per heavy atom. The van der Waals surface area contributed by atoms with E-state index in [4.69, 9.17) is 0 Å². The SMILES string of the molecule is CSc1cccc(NC(=O)c2cnc3ccc(C)cn3c2=O)c1. The van der Waals surface area contributed by atoms with Gasteiger partial charge in [-0.3, -0.25) is 14.0 Å². The van der Waals surface area contributed by atoms with Crippen molar-refractivity contribution in [1.29, 1.82) is 0 Å². The van der Waals surface area contributed by atoms with Gasteiger partial charge in [0.2, 0.25) is 0 Å². The highest BCUT2D eigenvalue weighted by molar-refractivity contribution is 7.98. The number of aromatic nitrogens is 2. The minimum absolute atomic E-state index is 0.0163. The van der Waals surface area contributed by atoms with Crippen LogP contribution in [0.25, 0.3) is 5.65 Å². The maximum absolute atomic E-state index is 12.5. The van der Waals surface area contributed by atoms with Gasteiger partial charge in [0, 0.05) is 23.0 Å². The summed E-state index contributed by atoms with van der Waals surface area (Å²) in [6, 6.07) is 11.1. The summed E-state index contributed by atoms with van der Waals surface area (Å²) in [5.41, 5.74) is 1.73. The molecule has 0 saturated heterocycles. The number of rotatable bonds is 3. The van der Waals surface area contributed by atoms with Crippen LogP contribution in [0.4, 0.5) is 5.69 Å². The Hall–Kier alpha value is -2.60. The lowest BCUT2D eigenvalue weighted by molar-refractivity contribution is 0.102. The summed E-state index contributed by atoms with van der Waals surface area (Å²) in [4.78, 5) is 30.1. The van der Waals surface area contributed by atoms with Crippen LogP contribution >= 0.6 is 11.8 Å². The third-order valence-electron chi connectivity index (χ3n) is 3.42. The Balaban J connectivity index is 1.97. The van der Waals surface area contributed by atoms with Gasteiger partial charge in [0.25, 0.3) is 11.5 Å². The summed E-state index contributed by atoms with van der Waals surface area (Å²) in [6.07, 6.45) is 4.96. The van der Waals surface area contributed by atoms with Crippen LogP contribution in [-0.2, 0) is 0 Å². The summed E-state index contributed by atoms with van der Waals surface area (Å²) in [6.45, 7) is 1.88. The van der Waals surface area contributed by atoms with Crippen molar-refractivity contribution >= 4 is 29.0 Å². The van der Waals surface area contributed by atoms with Crippen LogP contribution in [0.3, 0.4) is 0 Å². The zero-order chi connectivity index (χ0) is 16.4. The number of anilines is 1. The molecule has 3 aromatic rings. The fourth-order valence-corrected chi connectivity index (χ4v) is 2.70. The van der Waals surface area contributed by atoms with Crippen LogP contribution in [-0.4, -0.2) is 21.5 Å². The number of amides is 1. The highest BCUT2D eigenvalue weighted by Gasteiger charge is 2.13. The van der Waals surface area contributed by atoms with Crippen molar-refractivity contribution in [2.75, 3.05) is 11.6 Å². The lowest BCUT2D eigenvalue weighted by atomic mass is 10.2. The van der Waals surface area contributed by atoms with Crippen molar-refractivity contribution in [3.63, 3.8) is 0 Å². The van der Waals surface area contributed by atoms with E-state index in [1.807, 2.05) is 37.4 Å². The van der Waals surface area contributed by atoms with E-state index in [1.165, 1.54) is 10.6 Å². The number of fused-ring (bicyclic) bond motifs is 1. The first-order valence-electron chi connectivity index (χ1n) is 7.02. The predicted octanol–water partition coefficient (Wildman–Crippen LogP) is 2.98. The molecule has 6 heteroatoms. The smallest absolute Gasteiger partial charge is 0.270 e. The summed E-state index contributed by atoms with van der Waals surface area (Å²) < 4.78 is 1.39. The summed E-state index contributed by atoms with van der Waals surface area (Å²) in [7, 11) is 0. The number of carbonyl (C=O) groups excluding carboxylic acids is 1. The quantitative estimate of drug-likeness (QED) is 0.752. The molecule has 0 radical (unpaired) electrons. The molecular weight excluding hydrogens is 310 g/mol. The molecule has 0 aliphatic heterocycles. The summed E-state index contributed by atoms with van der Waals surface area (Å²) >= 11 is 1.58. The molecule has 1 amide bonds. The van der Waals surface area contributed by atoms with Crippen molar-refractivity contribution in [1.82, 2.24) is 9.38 Å². The van der Waals surface area contributed by atoms with Gasteiger partial charge in [0.05, 0.1) is 0 Å². The van der Waals surface area contributed by atoms with E-state index >= 15 is 0 Å². The Morgan fingerprint density at radius 2 is 2.09 bits per heavy atom. The summed E-state index contributed by atoms with van der Waals surface area (Å²) in [5, 5.41) is 2.75. The third kappa shape index (κ3) is 3.12. The standard InChI is InChI=1S/C17H15N3O2S/c1-11-6-7-15-18-9-14(17(22)20(15)10-11)16(21)19-12-4-3-5-13(8-12)23-2/h3-10H,1-2H3,(H,19,21). The number of carbonyl (C=O) groups is 1. The van der Waals surface area contributed by atoms with E-state index in [9.17, 15) is 9.59 Å². The van der Waals surface area contributed by atoms with Crippen LogP contribution in [0.2, 0.25) is 0 Å². The van der Waals surface area contributed by atoms with Crippen LogP contribution < -0.4 is 10.9 Å². The zero-order valence-corrected chi connectivity index (χ0v) is 13.6. The van der Waals surface area contributed by atoms with Crippen LogP contribution in [0, 0.1) is 6.92 Å². The number of hydrogen-bond acceptors (Lipinski definition) is 4. The van der Waals surface area contributed by atoms with E-state index in [0.29, 0.717) is 11.3 Å². The third-order valence-corrected chi connectivity index (χ3v) is 4.15. The Kier molecular flexibility index (Phi) is 4.16. The van der Waals surface area contributed by atoms with Gasteiger partial charge < -0.3 is 5.32 Å². The fraction of sp³-hybridized carbons (Fsp3) is 0.118. The van der Waals surface area contributed by atoms with Crippen LogP contribution in [0.15, 0.2) is 58.5 Å². The predicted molar refractivity (Wildman–Crippen MR) is 92.4 cm³/mol. The number of pyridine rings is 1. The van der Waals surface area contributed by atoms with E-state index in [0.717, 1.165) is 10.5 Å². The number of thioether (sulfide) groups is 1. The average Bonchev–Trinajstić information content (AvgIpc) is 2.55. The molecule has 0 aliphatic carbocycles. The molecule has 0 saturated carbocycles. The van der Waals surface area contributed by atoms with E-state index in [2.05, 4.69) is 10.3 Å². The van der Waals surface area contributed by atoms with E-state index < -0.39 is 5.91 Å². The molecule has 23 heavy (non-hydrogen) atoms. The van der Waals surface area contributed by atoms with E-state index in [-0.39, 0.29) is 11.1 Å². The molecule has 0 fully saturated rings. The molecule has 3 rings (SSSR count). The fourth-order valence-electron chi connectivity index (χ4n) is 2.24. The topological polar surface area (TPSA) is 63.5 Å². The van der Waals surface area contributed by atoms with Crippen LogP contribution in [0.5, 0.6) is 0 Å². The minimum atomic E-state index is -0.461. The second-order valence-electron chi connectivity index (χ2n) is 5.10. The Bertz CT molecular complexity index is 950. The second kappa shape index (κ2) is 6.26. The number of nitrogens with one attached hydrogen (secondary N) is 1. The average molecular weight is 325 g/mol. The van der Waals surface area contributed by atoms with Crippen molar-refractivity contribution in [2.45, 2.75) is 11.8 Å². The Labute approximate surface area is 137 Å². The molecule has 0 spiro atoms. The zero-order valence-electron chi connectivity index (χ0n) is 12.7. The molecule has 0 bridgehead atoms. The molecule has 1 aromatic carbocycles. The monoisotopic (exact) mass is 325 g/mol. The normalized spacial score (nSPS) is 10.7. The largest absolute Gasteiger partial charge is 0.322 e. The van der Waals surface area contributed by atoms with Gasteiger partial charge in [-0.1, -0.05) is 12.1 Å². The number of hydrogen-bond donors (Lipinski definition) is 1. The van der Waals surface area contributed by atoms with Gasteiger partial charge in [0.1, 0.15) is 11.2 Å². The second-order valence-corrected chi connectivity index (χ2v) is 5.98. The van der Waals surface area contributed by atoms with Crippen LogP contribution in [0.1, 0.15) is 15.9 Å². The van der Waals surface area contributed by atoms with Gasteiger partial charge in [-0.15, -0.1) is 11.8 Å². The molecular formula is C17H15N3O2S. The van der Waals surface area contributed by atoms with Crippen molar-refractivity contribution in [3.8, 4) is 0 Å².